The van der Waals surface area contributed by atoms with Gasteiger partial charge in [-0.1, -0.05) is 6.92 Å². The summed E-state index contributed by atoms with van der Waals surface area (Å²) < 4.78 is 0. The van der Waals surface area contributed by atoms with Crippen LogP contribution in [0.4, 0.5) is 16.2 Å². The number of hydrogen-bond donors (Lipinski definition) is 2. The molecule has 0 spiro atoms. The van der Waals surface area contributed by atoms with Gasteiger partial charge >= 0.3 is 6.03 Å². The lowest BCUT2D eigenvalue weighted by Gasteiger charge is -2.38. The number of likely N-dealkylation sites (tertiary alicyclic amines) is 1. The van der Waals surface area contributed by atoms with Crippen LogP contribution in [0.5, 0.6) is 0 Å². The highest BCUT2D eigenvalue weighted by atomic mass is 16.3. The third-order valence-corrected chi connectivity index (χ3v) is 4.49. The lowest BCUT2D eigenvalue weighted by atomic mass is 9.91. The van der Waals surface area contributed by atoms with E-state index in [4.69, 9.17) is 0 Å². The summed E-state index contributed by atoms with van der Waals surface area (Å²) in [7, 11) is 4.00. The van der Waals surface area contributed by atoms with Crippen LogP contribution < -0.4 is 10.2 Å². The van der Waals surface area contributed by atoms with Gasteiger partial charge in [-0.05, 0) is 49.4 Å². The van der Waals surface area contributed by atoms with Crippen LogP contribution >= 0.6 is 0 Å². The molecule has 1 aliphatic heterocycles. The molecule has 1 aromatic rings. The van der Waals surface area contributed by atoms with Gasteiger partial charge in [0, 0.05) is 32.0 Å². The molecule has 2 N–H and O–H groups in total. The van der Waals surface area contributed by atoms with Crippen molar-refractivity contribution in [3.05, 3.63) is 23.8 Å². The largest absolute Gasteiger partial charge is 0.394 e. The van der Waals surface area contributed by atoms with E-state index in [1.54, 1.807) is 4.90 Å². The molecule has 0 aliphatic carbocycles. The lowest BCUT2D eigenvalue weighted by Crippen LogP contribution is -2.51. The molecule has 0 aromatic heterocycles. The maximum Gasteiger partial charge on any atom is 0.322 e. The van der Waals surface area contributed by atoms with Gasteiger partial charge in [-0.2, -0.15) is 0 Å². The monoisotopic (exact) mass is 305 g/mol. The predicted molar refractivity (Wildman–Crippen MR) is 90.5 cm³/mol. The molecule has 2 unspecified atom stereocenters. The van der Waals surface area contributed by atoms with E-state index in [0.29, 0.717) is 12.5 Å². The summed E-state index contributed by atoms with van der Waals surface area (Å²) in [5.41, 5.74) is 3.05. The average molecular weight is 305 g/mol. The van der Waals surface area contributed by atoms with Crippen molar-refractivity contribution in [2.75, 3.05) is 37.5 Å². The van der Waals surface area contributed by atoms with Gasteiger partial charge in [0.05, 0.1) is 12.6 Å². The molecular formula is C17H27N3O2. The van der Waals surface area contributed by atoms with Crippen LogP contribution in [0.25, 0.3) is 0 Å². The number of carbonyl (C=O) groups excluding carboxylic acids is 1. The summed E-state index contributed by atoms with van der Waals surface area (Å²) in [5, 5.41) is 12.5. The molecule has 0 saturated carbocycles. The zero-order chi connectivity index (χ0) is 16.3. The van der Waals surface area contributed by atoms with Crippen molar-refractivity contribution in [2.24, 2.45) is 5.92 Å². The van der Waals surface area contributed by atoms with Gasteiger partial charge in [0.1, 0.15) is 0 Å². The fourth-order valence-electron chi connectivity index (χ4n) is 3.21. The first kappa shape index (κ1) is 16.6. The Labute approximate surface area is 132 Å². The summed E-state index contributed by atoms with van der Waals surface area (Å²) in [6.07, 6.45) is 2.05. The minimum Gasteiger partial charge on any atom is -0.394 e. The Bertz CT molecular complexity index is 531. The molecule has 0 radical (unpaired) electrons. The Hall–Kier alpha value is -1.75. The number of amides is 2. The molecule has 1 saturated heterocycles. The molecule has 1 aromatic carbocycles. The second kappa shape index (κ2) is 7.01. The minimum atomic E-state index is -0.123. The van der Waals surface area contributed by atoms with E-state index in [1.165, 1.54) is 0 Å². The first-order valence-electron chi connectivity index (χ1n) is 7.90. The average Bonchev–Trinajstić information content (AvgIpc) is 2.46. The number of piperidine rings is 1. The van der Waals surface area contributed by atoms with Crippen molar-refractivity contribution >= 4 is 17.4 Å². The Morgan fingerprint density at radius 1 is 1.45 bits per heavy atom. The molecule has 2 amide bonds. The number of rotatable bonds is 3. The van der Waals surface area contributed by atoms with Crippen molar-refractivity contribution in [3.63, 3.8) is 0 Å². The molecule has 0 bridgehead atoms. The molecule has 1 heterocycles. The van der Waals surface area contributed by atoms with Crippen LogP contribution in [0.2, 0.25) is 0 Å². The Kier molecular flexibility index (Phi) is 5.29. The number of nitrogens with one attached hydrogen (secondary N) is 1. The van der Waals surface area contributed by atoms with Crippen LogP contribution in [-0.2, 0) is 0 Å². The highest BCUT2D eigenvalue weighted by Crippen LogP contribution is 2.25. The molecule has 1 fully saturated rings. The van der Waals surface area contributed by atoms with E-state index in [2.05, 4.69) is 17.1 Å². The Morgan fingerprint density at radius 3 is 2.77 bits per heavy atom. The molecule has 122 valence electrons. The molecule has 2 rings (SSSR count). The summed E-state index contributed by atoms with van der Waals surface area (Å²) in [5.74, 6) is 0.336. The zero-order valence-electron chi connectivity index (χ0n) is 14.0. The fourth-order valence-corrected chi connectivity index (χ4v) is 3.21. The quantitative estimate of drug-likeness (QED) is 0.903. The summed E-state index contributed by atoms with van der Waals surface area (Å²) in [6.45, 7) is 4.85. The molecule has 22 heavy (non-hydrogen) atoms. The highest BCUT2D eigenvalue weighted by molar-refractivity contribution is 5.90. The van der Waals surface area contributed by atoms with E-state index in [0.717, 1.165) is 29.8 Å². The summed E-state index contributed by atoms with van der Waals surface area (Å²) in [6, 6.07) is 5.70. The van der Waals surface area contributed by atoms with Gasteiger partial charge in [-0.15, -0.1) is 0 Å². The first-order valence-corrected chi connectivity index (χ1v) is 7.90. The molecule has 1 aliphatic rings. The van der Waals surface area contributed by atoms with Gasteiger partial charge in [0.2, 0.25) is 0 Å². The fraction of sp³-hybridized carbons (Fsp3) is 0.588. The number of aryl methyl sites for hydroxylation is 1. The minimum absolute atomic E-state index is 0.0210. The topological polar surface area (TPSA) is 55.8 Å². The van der Waals surface area contributed by atoms with Crippen molar-refractivity contribution in [1.29, 1.82) is 0 Å². The molecule has 5 heteroatoms. The number of aliphatic hydroxyl groups excluding tert-OH is 1. The normalized spacial score (nSPS) is 21.6. The van der Waals surface area contributed by atoms with E-state index in [1.807, 2.05) is 39.2 Å². The third kappa shape index (κ3) is 3.53. The Balaban J connectivity index is 2.09. The van der Waals surface area contributed by atoms with E-state index < -0.39 is 0 Å². The second-order valence-electron chi connectivity index (χ2n) is 6.39. The van der Waals surface area contributed by atoms with Gasteiger partial charge in [-0.3, -0.25) is 0 Å². The van der Waals surface area contributed by atoms with Gasteiger partial charge in [-0.25, -0.2) is 4.79 Å². The number of carbonyl (C=O) groups is 1. The SMILES string of the molecule is Cc1cc(NC(=O)N2CCCC(C)C2CO)ccc1N(C)C. The van der Waals surface area contributed by atoms with Gasteiger partial charge in [0.25, 0.3) is 0 Å². The number of urea groups is 1. The van der Waals surface area contributed by atoms with Crippen LogP contribution in [0, 0.1) is 12.8 Å². The smallest absolute Gasteiger partial charge is 0.322 e. The van der Waals surface area contributed by atoms with Crippen LogP contribution in [-0.4, -0.2) is 49.3 Å². The van der Waals surface area contributed by atoms with E-state index in [-0.39, 0.29) is 18.7 Å². The molecule has 2 atom stereocenters. The number of aliphatic hydroxyl groups is 1. The molecular weight excluding hydrogens is 278 g/mol. The maximum atomic E-state index is 12.5. The zero-order valence-corrected chi connectivity index (χ0v) is 14.0. The van der Waals surface area contributed by atoms with Crippen molar-refractivity contribution in [2.45, 2.75) is 32.7 Å². The van der Waals surface area contributed by atoms with Crippen molar-refractivity contribution in [1.82, 2.24) is 4.90 Å². The van der Waals surface area contributed by atoms with Crippen LogP contribution in [0.3, 0.4) is 0 Å². The van der Waals surface area contributed by atoms with Crippen LogP contribution in [0.15, 0.2) is 18.2 Å². The van der Waals surface area contributed by atoms with Crippen LogP contribution in [0.1, 0.15) is 25.3 Å². The first-order chi connectivity index (χ1) is 10.4. The predicted octanol–water partition coefficient (Wildman–Crippen LogP) is 2.69. The number of benzene rings is 1. The highest BCUT2D eigenvalue weighted by Gasteiger charge is 2.31. The molecule has 5 nitrogen and oxygen atoms in total. The second-order valence-corrected chi connectivity index (χ2v) is 6.39. The maximum absolute atomic E-state index is 12.5. The number of nitrogens with zero attached hydrogens (tertiary/aromatic N) is 2. The van der Waals surface area contributed by atoms with Crippen molar-refractivity contribution in [3.8, 4) is 0 Å². The van der Waals surface area contributed by atoms with Gasteiger partial charge < -0.3 is 20.2 Å². The Morgan fingerprint density at radius 2 is 2.18 bits per heavy atom. The summed E-state index contributed by atoms with van der Waals surface area (Å²) >= 11 is 0. The lowest BCUT2D eigenvalue weighted by molar-refractivity contribution is 0.0811. The van der Waals surface area contributed by atoms with Gasteiger partial charge in [0.15, 0.2) is 0 Å². The van der Waals surface area contributed by atoms with E-state index >= 15 is 0 Å². The van der Waals surface area contributed by atoms with Crippen molar-refractivity contribution < 1.29 is 9.90 Å². The summed E-state index contributed by atoms with van der Waals surface area (Å²) in [4.78, 5) is 16.3. The number of anilines is 2. The standard InChI is InChI=1S/C17H27N3O2/c1-12-6-5-9-20(16(12)11-21)17(22)18-14-7-8-15(19(3)4)13(2)10-14/h7-8,10,12,16,21H,5-6,9,11H2,1-4H3,(H,18,22). The number of hydrogen-bond acceptors (Lipinski definition) is 3. The van der Waals surface area contributed by atoms with E-state index in [9.17, 15) is 9.90 Å². The third-order valence-electron chi connectivity index (χ3n) is 4.49.